The summed E-state index contributed by atoms with van der Waals surface area (Å²) < 4.78 is 5.00. The van der Waals surface area contributed by atoms with Gasteiger partial charge in [0.2, 0.25) is 0 Å². The monoisotopic (exact) mass is 266 g/mol. The van der Waals surface area contributed by atoms with Gasteiger partial charge in [0.1, 0.15) is 0 Å². The van der Waals surface area contributed by atoms with Gasteiger partial charge in [0.05, 0.1) is 12.2 Å². The number of esters is 1. The molecule has 0 aliphatic carbocycles. The van der Waals surface area contributed by atoms with Crippen LogP contribution in [0.4, 0.5) is 5.69 Å². The molecule has 2 N–H and O–H groups in total. The lowest BCUT2D eigenvalue weighted by Crippen LogP contribution is -2.28. The van der Waals surface area contributed by atoms with Gasteiger partial charge in [-0.05, 0) is 50.7 Å². The van der Waals surface area contributed by atoms with Gasteiger partial charge in [0.25, 0.3) is 0 Å². The number of carbonyl (C=O) groups excluding carboxylic acids is 1. The first-order chi connectivity index (χ1) is 8.60. The number of benzene rings is 1. The normalized spacial score (nSPS) is 9.72. The Labute approximate surface area is 113 Å². The van der Waals surface area contributed by atoms with Gasteiger partial charge in [-0.2, -0.15) is 0 Å². The van der Waals surface area contributed by atoms with E-state index in [1.54, 1.807) is 19.1 Å². The van der Waals surface area contributed by atoms with Crippen LogP contribution < -0.4 is 10.6 Å². The summed E-state index contributed by atoms with van der Waals surface area (Å²) in [5, 5.41) is 6.60. The molecule has 0 aliphatic heterocycles. The number of hydrogen-bond donors (Lipinski definition) is 2. The van der Waals surface area contributed by atoms with Crippen LogP contribution in [0.15, 0.2) is 18.2 Å². The second-order valence-electron chi connectivity index (χ2n) is 3.68. The first kappa shape index (κ1) is 14.4. The van der Waals surface area contributed by atoms with E-state index in [4.69, 9.17) is 17.0 Å². The predicted octanol–water partition coefficient (Wildman–Crippen LogP) is 2.48. The summed E-state index contributed by atoms with van der Waals surface area (Å²) in [6.07, 6.45) is 0. The number of ether oxygens (including phenoxy) is 1. The Kier molecular flexibility index (Phi) is 5.58. The highest BCUT2D eigenvalue weighted by molar-refractivity contribution is 7.80. The Balaban J connectivity index is 2.91. The molecule has 4 nitrogen and oxygen atoms in total. The van der Waals surface area contributed by atoms with Crippen molar-refractivity contribution in [2.45, 2.75) is 20.8 Å². The van der Waals surface area contributed by atoms with Crippen molar-refractivity contribution in [3.8, 4) is 0 Å². The average Bonchev–Trinajstić information content (AvgIpc) is 2.32. The van der Waals surface area contributed by atoms with E-state index in [2.05, 4.69) is 10.6 Å². The quantitative estimate of drug-likeness (QED) is 0.647. The molecular formula is C13H18N2O2S. The van der Waals surface area contributed by atoms with Crippen molar-refractivity contribution in [2.24, 2.45) is 0 Å². The lowest BCUT2D eigenvalue weighted by atomic mass is 10.1. The number of thiocarbonyl (C=S) groups is 1. The van der Waals surface area contributed by atoms with E-state index in [0.29, 0.717) is 17.3 Å². The van der Waals surface area contributed by atoms with Crippen LogP contribution in [0.1, 0.15) is 29.8 Å². The molecule has 0 heterocycles. The molecule has 18 heavy (non-hydrogen) atoms. The molecule has 0 unspecified atom stereocenters. The Morgan fingerprint density at radius 1 is 1.39 bits per heavy atom. The zero-order chi connectivity index (χ0) is 13.5. The third kappa shape index (κ3) is 3.70. The summed E-state index contributed by atoms with van der Waals surface area (Å²) in [6, 6.07) is 5.42. The van der Waals surface area contributed by atoms with Crippen LogP contribution in [0.5, 0.6) is 0 Å². The highest BCUT2D eigenvalue weighted by Crippen LogP contribution is 2.19. The van der Waals surface area contributed by atoms with Crippen LogP contribution in [-0.2, 0) is 4.74 Å². The maximum absolute atomic E-state index is 11.7. The van der Waals surface area contributed by atoms with Crippen molar-refractivity contribution in [3.63, 3.8) is 0 Å². The van der Waals surface area contributed by atoms with Crippen LogP contribution in [0.3, 0.4) is 0 Å². The van der Waals surface area contributed by atoms with E-state index < -0.39 is 0 Å². The Morgan fingerprint density at radius 3 is 2.72 bits per heavy atom. The van der Waals surface area contributed by atoms with Crippen molar-refractivity contribution in [2.75, 3.05) is 18.5 Å². The molecule has 1 aromatic rings. The molecular weight excluding hydrogens is 248 g/mol. The molecule has 0 aromatic heterocycles. The van der Waals surface area contributed by atoms with Gasteiger partial charge in [-0.1, -0.05) is 6.07 Å². The van der Waals surface area contributed by atoms with Crippen LogP contribution in [0, 0.1) is 6.92 Å². The van der Waals surface area contributed by atoms with E-state index in [1.807, 2.05) is 19.9 Å². The summed E-state index contributed by atoms with van der Waals surface area (Å²) in [5.74, 6) is -0.312. The largest absolute Gasteiger partial charge is 0.462 e. The van der Waals surface area contributed by atoms with Crippen LogP contribution >= 0.6 is 12.2 Å². The molecule has 0 amide bonds. The van der Waals surface area contributed by atoms with E-state index in [1.165, 1.54) is 0 Å². The molecule has 98 valence electrons. The summed E-state index contributed by atoms with van der Waals surface area (Å²) in [7, 11) is 0. The van der Waals surface area contributed by atoms with Crippen molar-refractivity contribution >= 4 is 29.0 Å². The fourth-order valence-electron chi connectivity index (χ4n) is 1.53. The van der Waals surface area contributed by atoms with Gasteiger partial charge in [0.15, 0.2) is 5.11 Å². The third-order valence-corrected chi connectivity index (χ3v) is 2.66. The summed E-state index contributed by atoms with van der Waals surface area (Å²) in [4.78, 5) is 11.7. The van der Waals surface area contributed by atoms with Crippen LogP contribution in [-0.4, -0.2) is 24.2 Å². The minimum atomic E-state index is -0.312. The molecule has 5 heteroatoms. The molecule has 0 bridgehead atoms. The topological polar surface area (TPSA) is 50.4 Å². The van der Waals surface area contributed by atoms with Crippen molar-refractivity contribution in [1.29, 1.82) is 0 Å². The first-order valence-electron chi connectivity index (χ1n) is 5.91. The fraction of sp³-hybridized carbons (Fsp3) is 0.385. The van der Waals surface area contributed by atoms with Crippen molar-refractivity contribution in [1.82, 2.24) is 5.32 Å². The zero-order valence-corrected chi connectivity index (χ0v) is 11.7. The number of carbonyl (C=O) groups is 1. The van der Waals surface area contributed by atoms with Crippen molar-refractivity contribution in [3.05, 3.63) is 29.3 Å². The van der Waals surface area contributed by atoms with E-state index in [0.717, 1.165) is 17.8 Å². The second kappa shape index (κ2) is 6.96. The third-order valence-electron chi connectivity index (χ3n) is 2.41. The van der Waals surface area contributed by atoms with Gasteiger partial charge >= 0.3 is 5.97 Å². The Bertz CT molecular complexity index is 447. The molecule has 0 saturated heterocycles. The first-order valence-corrected chi connectivity index (χ1v) is 6.32. The van der Waals surface area contributed by atoms with Gasteiger partial charge in [-0.25, -0.2) is 4.79 Å². The van der Waals surface area contributed by atoms with Gasteiger partial charge in [0, 0.05) is 12.2 Å². The number of hydrogen-bond acceptors (Lipinski definition) is 3. The van der Waals surface area contributed by atoms with Crippen molar-refractivity contribution < 1.29 is 9.53 Å². The minimum Gasteiger partial charge on any atom is -0.462 e. The van der Waals surface area contributed by atoms with Gasteiger partial charge in [-0.3, -0.25) is 0 Å². The molecule has 1 rings (SSSR count). The van der Waals surface area contributed by atoms with E-state index in [9.17, 15) is 4.79 Å². The fourth-order valence-corrected chi connectivity index (χ4v) is 1.78. The molecule has 0 fully saturated rings. The molecule has 0 radical (unpaired) electrons. The van der Waals surface area contributed by atoms with Crippen LogP contribution in [0.25, 0.3) is 0 Å². The standard InChI is InChI=1S/C13H18N2O2S/c1-4-14-13(18)15-11-8-6-7-10(9(11)3)12(16)17-5-2/h6-8H,4-5H2,1-3H3,(H2,14,15,18). The predicted molar refractivity (Wildman–Crippen MR) is 77.0 cm³/mol. The van der Waals surface area contributed by atoms with E-state index in [-0.39, 0.29) is 5.97 Å². The number of anilines is 1. The lowest BCUT2D eigenvalue weighted by Gasteiger charge is -2.13. The number of nitrogens with one attached hydrogen (secondary N) is 2. The maximum Gasteiger partial charge on any atom is 0.338 e. The minimum absolute atomic E-state index is 0.312. The zero-order valence-electron chi connectivity index (χ0n) is 10.9. The molecule has 1 aromatic carbocycles. The molecule has 0 saturated carbocycles. The molecule has 0 spiro atoms. The summed E-state index contributed by atoms with van der Waals surface area (Å²) in [5.41, 5.74) is 2.20. The lowest BCUT2D eigenvalue weighted by molar-refractivity contribution is 0.0525. The molecule has 0 atom stereocenters. The smallest absolute Gasteiger partial charge is 0.338 e. The highest BCUT2D eigenvalue weighted by atomic mass is 32.1. The summed E-state index contributed by atoms with van der Waals surface area (Å²) >= 11 is 5.12. The Hall–Kier alpha value is -1.62. The maximum atomic E-state index is 11.7. The number of rotatable bonds is 4. The Morgan fingerprint density at radius 2 is 2.11 bits per heavy atom. The van der Waals surface area contributed by atoms with Gasteiger partial charge in [-0.15, -0.1) is 0 Å². The second-order valence-corrected chi connectivity index (χ2v) is 4.09. The summed E-state index contributed by atoms with van der Waals surface area (Å²) in [6.45, 7) is 6.74. The van der Waals surface area contributed by atoms with E-state index >= 15 is 0 Å². The van der Waals surface area contributed by atoms with Gasteiger partial charge < -0.3 is 15.4 Å². The highest BCUT2D eigenvalue weighted by Gasteiger charge is 2.12. The molecule has 0 aliphatic rings. The SMILES string of the molecule is CCNC(=S)Nc1cccc(C(=O)OCC)c1C. The average molecular weight is 266 g/mol. The van der Waals surface area contributed by atoms with Crippen LogP contribution in [0.2, 0.25) is 0 Å².